The van der Waals surface area contributed by atoms with Crippen molar-refractivity contribution >= 4 is 28.2 Å². The summed E-state index contributed by atoms with van der Waals surface area (Å²) in [5.41, 5.74) is 0. The maximum atomic E-state index is 10.8. The summed E-state index contributed by atoms with van der Waals surface area (Å²) >= 11 is 3.27. The molecule has 0 fully saturated rings. The first-order valence-electron chi connectivity index (χ1n) is 3.59. The summed E-state index contributed by atoms with van der Waals surface area (Å²) in [6.45, 7) is 0.312. The van der Waals surface area contributed by atoms with E-state index < -0.39 is 6.09 Å². The van der Waals surface area contributed by atoms with Gasteiger partial charge in [-0.15, -0.1) is 0 Å². The van der Waals surface area contributed by atoms with Crippen molar-refractivity contribution in [1.82, 2.24) is 10.0 Å². The number of allylic oxidation sites excluding steroid dienone is 1. The van der Waals surface area contributed by atoms with Crippen LogP contribution < -0.4 is 0 Å². The lowest BCUT2D eigenvalue weighted by Gasteiger charge is -2.25. The molecule has 68 valence electrons. The van der Waals surface area contributed by atoms with Crippen LogP contribution in [0.1, 0.15) is 0 Å². The molecule has 0 bridgehead atoms. The Hall–Kier alpha value is -1.30. The summed E-state index contributed by atoms with van der Waals surface area (Å²) in [5.74, 6) is 0.630. The number of carbonyl (C=O) groups is 1. The molecule has 0 aromatic carbocycles. The molecule has 0 aliphatic carbocycles. The fourth-order valence-corrected chi connectivity index (χ4v) is 1.71. The van der Waals surface area contributed by atoms with Gasteiger partial charge in [0.25, 0.3) is 0 Å². The Balaban J connectivity index is 2.34. The first-order valence-corrected chi connectivity index (χ1v) is 4.38. The molecular formula is C7H6BrN3O2. The Labute approximate surface area is 82.7 Å². The van der Waals surface area contributed by atoms with Gasteiger partial charge in [-0.3, -0.25) is 0 Å². The van der Waals surface area contributed by atoms with Crippen molar-refractivity contribution in [1.29, 1.82) is 0 Å². The van der Waals surface area contributed by atoms with Crippen molar-refractivity contribution in [2.75, 3.05) is 6.54 Å². The van der Waals surface area contributed by atoms with Gasteiger partial charge in [0.05, 0.1) is 11.0 Å². The predicted octanol–water partition coefficient (Wildman–Crippen LogP) is 1.36. The number of hydrogen-bond donors (Lipinski definition) is 1. The van der Waals surface area contributed by atoms with E-state index in [2.05, 4.69) is 20.9 Å². The van der Waals surface area contributed by atoms with Gasteiger partial charge >= 0.3 is 6.09 Å². The van der Waals surface area contributed by atoms with E-state index in [1.165, 1.54) is 10.0 Å². The van der Waals surface area contributed by atoms with Crippen LogP contribution in [0, 0.1) is 0 Å². The van der Waals surface area contributed by atoms with E-state index in [0.717, 1.165) is 4.48 Å². The Bertz CT molecular complexity index is 348. The summed E-state index contributed by atoms with van der Waals surface area (Å²) in [4.78, 5) is 14.8. The zero-order valence-electron chi connectivity index (χ0n) is 6.51. The van der Waals surface area contributed by atoms with E-state index in [1.54, 1.807) is 18.5 Å². The second kappa shape index (κ2) is 2.88. The van der Waals surface area contributed by atoms with Crippen molar-refractivity contribution in [2.45, 2.75) is 0 Å². The van der Waals surface area contributed by atoms with Gasteiger partial charge in [-0.25, -0.2) is 19.8 Å². The average molecular weight is 244 g/mol. The van der Waals surface area contributed by atoms with E-state index in [9.17, 15) is 4.79 Å². The molecule has 0 aromatic rings. The highest BCUT2D eigenvalue weighted by Crippen LogP contribution is 2.29. The van der Waals surface area contributed by atoms with Crippen LogP contribution in [0.5, 0.6) is 0 Å². The topological polar surface area (TPSA) is 56.1 Å². The standard InChI is InChI=1S/C7H6BrN3O2/c8-5-4-11(7(12)13)10-3-1-2-9-6(5)10/h1-3H,4H2,(H,12,13). The quantitative estimate of drug-likeness (QED) is 0.699. The zero-order chi connectivity index (χ0) is 9.42. The molecule has 1 amide bonds. The number of aliphatic imine (C=N–C) groups is 1. The highest BCUT2D eigenvalue weighted by molar-refractivity contribution is 9.11. The van der Waals surface area contributed by atoms with Crippen molar-refractivity contribution in [3.8, 4) is 0 Å². The maximum Gasteiger partial charge on any atom is 0.427 e. The van der Waals surface area contributed by atoms with Crippen LogP contribution in [0.4, 0.5) is 4.79 Å². The van der Waals surface area contributed by atoms with Crippen LogP contribution >= 0.6 is 15.9 Å². The van der Waals surface area contributed by atoms with Gasteiger partial charge in [0, 0.05) is 12.4 Å². The summed E-state index contributed by atoms with van der Waals surface area (Å²) in [6.07, 6.45) is 3.97. The van der Waals surface area contributed by atoms with Gasteiger partial charge in [-0.2, -0.15) is 0 Å². The van der Waals surface area contributed by atoms with E-state index in [-0.39, 0.29) is 0 Å². The first-order chi connectivity index (χ1) is 6.20. The van der Waals surface area contributed by atoms with Gasteiger partial charge in [-0.1, -0.05) is 0 Å². The Morgan fingerprint density at radius 3 is 3.15 bits per heavy atom. The van der Waals surface area contributed by atoms with Gasteiger partial charge in [0.15, 0.2) is 5.82 Å². The number of hydrogen-bond acceptors (Lipinski definition) is 3. The van der Waals surface area contributed by atoms with Crippen LogP contribution in [0.15, 0.2) is 27.6 Å². The largest absolute Gasteiger partial charge is 0.464 e. The average Bonchev–Trinajstić information content (AvgIpc) is 2.45. The van der Waals surface area contributed by atoms with E-state index >= 15 is 0 Å². The first kappa shape index (κ1) is 8.31. The van der Waals surface area contributed by atoms with Crippen molar-refractivity contribution in [3.63, 3.8) is 0 Å². The minimum absolute atomic E-state index is 0.312. The Morgan fingerprint density at radius 1 is 1.69 bits per heavy atom. The Kier molecular flexibility index (Phi) is 1.84. The van der Waals surface area contributed by atoms with Crippen LogP contribution in [0.25, 0.3) is 0 Å². The predicted molar refractivity (Wildman–Crippen MR) is 50.2 cm³/mol. The van der Waals surface area contributed by atoms with Crippen molar-refractivity contribution in [3.05, 3.63) is 22.6 Å². The number of carboxylic acid groups (broad SMARTS) is 1. The van der Waals surface area contributed by atoms with Crippen LogP contribution in [0.3, 0.4) is 0 Å². The highest BCUT2D eigenvalue weighted by Gasteiger charge is 2.31. The minimum Gasteiger partial charge on any atom is -0.464 e. The number of amides is 1. The number of fused-ring (bicyclic) bond motifs is 1. The fraction of sp³-hybridized carbons (Fsp3) is 0.143. The lowest BCUT2D eigenvalue weighted by Crippen LogP contribution is -2.38. The third-order valence-corrected chi connectivity index (χ3v) is 2.34. The van der Waals surface area contributed by atoms with Crippen LogP contribution in [-0.2, 0) is 0 Å². The molecule has 5 nitrogen and oxygen atoms in total. The SMILES string of the molecule is O=C(O)N1CC(Br)=C2N=CC=CN21. The molecule has 0 saturated heterocycles. The van der Waals surface area contributed by atoms with E-state index in [1.807, 2.05) is 0 Å². The number of halogens is 1. The molecule has 2 aliphatic heterocycles. The third-order valence-electron chi connectivity index (χ3n) is 1.74. The molecule has 6 heteroatoms. The fourth-order valence-electron chi connectivity index (χ4n) is 1.19. The highest BCUT2D eigenvalue weighted by atomic mass is 79.9. The molecule has 1 N–H and O–H groups in total. The smallest absolute Gasteiger partial charge is 0.427 e. The lowest BCUT2D eigenvalue weighted by atomic mass is 10.5. The summed E-state index contributed by atoms with van der Waals surface area (Å²) in [7, 11) is 0. The molecule has 2 aliphatic rings. The molecule has 13 heavy (non-hydrogen) atoms. The zero-order valence-corrected chi connectivity index (χ0v) is 8.10. The molecule has 2 heterocycles. The summed E-state index contributed by atoms with van der Waals surface area (Å²) < 4.78 is 0.774. The van der Waals surface area contributed by atoms with Crippen LogP contribution in [-0.4, -0.2) is 34.0 Å². The second-order valence-corrected chi connectivity index (χ2v) is 3.49. The van der Waals surface area contributed by atoms with Crippen LogP contribution in [0.2, 0.25) is 0 Å². The summed E-state index contributed by atoms with van der Waals surface area (Å²) in [5, 5.41) is 11.5. The van der Waals surface area contributed by atoms with Gasteiger partial charge < -0.3 is 5.11 Å². The molecule has 0 saturated carbocycles. The minimum atomic E-state index is -0.992. The van der Waals surface area contributed by atoms with Crippen molar-refractivity contribution < 1.29 is 9.90 Å². The number of rotatable bonds is 0. The normalized spacial score (nSPS) is 19.8. The third kappa shape index (κ3) is 1.23. The molecule has 0 radical (unpaired) electrons. The summed E-state index contributed by atoms with van der Waals surface area (Å²) in [6, 6.07) is 0. The van der Waals surface area contributed by atoms with Gasteiger partial charge in [-0.05, 0) is 22.0 Å². The van der Waals surface area contributed by atoms with Gasteiger partial charge in [0.2, 0.25) is 0 Å². The molecule has 0 spiro atoms. The second-order valence-electron chi connectivity index (χ2n) is 2.53. The molecule has 0 unspecified atom stereocenters. The van der Waals surface area contributed by atoms with E-state index in [0.29, 0.717) is 12.4 Å². The molecule has 2 rings (SSSR count). The lowest BCUT2D eigenvalue weighted by molar-refractivity contribution is 0.0739. The van der Waals surface area contributed by atoms with Crippen molar-refractivity contribution in [2.24, 2.45) is 4.99 Å². The molecular weight excluding hydrogens is 238 g/mol. The van der Waals surface area contributed by atoms with E-state index in [4.69, 9.17) is 5.11 Å². The molecule has 0 aromatic heterocycles. The number of hydrazine groups is 1. The van der Waals surface area contributed by atoms with Gasteiger partial charge in [0.1, 0.15) is 0 Å². The Morgan fingerprint density at radius 2 is 2.46 bits per heavy atom. The molecule has 0 atom stereocenters. The monoisotopic (exact) mass is 243 g/mol. The number of nitrogens with zero attached hydrogens (tertiary/aromatic N) is 3. The maximum absolute atomic E-state index is 10.8.